The maximum Gasteiger partial charge on any atom is 0.410 e. The summed E-state index contributed by atoms with van der Waals surface area (Å²) >= 11 is 0. The van der Waals surface area contributed by atoms with Gasteiger partial charge in [0, 0.05) is 18.5 Å². The van der Waals surface area contributed by atoms with E-state index >= 15 is 0 Å². The standard InChI is InChI=1S/C13H23FN2O2/c1-12(2,3)18-11(17)16-7-5-13(9-14)4-6-15-8-10(13)16/h10,15H,4-9H2,1-3H3. The number of piperidine rings is 1. The number of alkyl halides is 1. The van der Waals surface area contributed by atoms with Gasteiger partial charge in [0.15, 0.2) is 0 Å². The van der Waals surface area contributed by atoms with Crippen LogP contribution in [0.5, 0.6) is 0 Å². The fraction of sp³-hybridized carbons (Fsp3) is 0.923. The molecule has 0 aromatic heterocycles. The number of rotatable bonds is 1. The van der Waals surface area contributed by atoms with Gasteiger partial charge in [0.25, 0.3) is 0 Å². The first kappa shape index (κ1) is 13.6. The normalized spacial score (nSPS) is 32.2. The van der Waals surface area contributed by atoms with Crippen LogP contribution < -0.4 is 5.32 Å². The third-order valence-electron chi connectivity index (χ3n) is 3.97. The molecule has 2 saturated heterocycles. The van der Waals surface area contributed by atoms with E-state index in [0.29, 0.717) is 13.1 Å². The van der Waals surface area contributed by atoms with Gasteiger partial charge in [-0.2, -0.15) is 0 Å². The van der Waals surface area contributed by atoms with Crippen molar-refractivity contribution in [1.82, 2.24) is 10.2 Å². The monoisotopic (exact) mass is 258 g/mol. The summed E-state index contributed by atoms with van der Waals surface area (Å²) in [6, 6.07) is -0.0638. The van der Waals surface area contributed by atoms with E-state index in [1.807, 2.05) is 20.8 Å². The van der Waals surface area contributed by atoms with E-state index in [4.69, 9.17) is 4.74 Å². The predicted molar refractivity (Wildman–Crippen MR) is 67.2 cm³/mol. The molecule has 0 radical (unpaired) electrons. The van der Waals surface area contributed by atoms with E-state index in [2.05, 4.69) is 5.32 Å². The maximum atomic E-state index is 13.4. The van der Waals surface area contributed by atoms with E-state index in [1.165, 1.54) is 0 Å². The Balaban J connectivity index is 2.09. The third kappa shape index (κ3) is 2.46. The molecule has 0 aromatic carbocycles. The Morgan fingerprint density at radius 1 is 1.50 bits per heavy atom. The zero-order valence-electron chi connectivity index (χ0n) is 11.5. The fourth-order valence-corrected chi connectivity index (χ4v) is 2.95. The van der Waals surface area contributed by atoms with E-state index in [0.717, 1.165) is 19.4 Å². The van der Waals surface area contributed by atoms with Gasteiger partial charge in [-0.3, -0.25) is 4.39 Å². The molecule has 2 unspecified atom stereocenters. The van der Waals surface area contributed by atoms with Crippen molar-refractivity contribution in [2.75, 3.05) is 26.3 Å². The Morgan fingerprint density at radius 2 is 2.22 bits per heavy atom. The third-order valence-corrected chi connectivity index (χ3v) is 3.97. The lowest BCUT2D eigenvalue weighted by Crippen LogP contribution is -2.54. The molecule has 0 bridgehead atoms. The number of hydrogen-bond donors (Lipinski definition) is 1. The maximum absolute atomic E-state index is 13.4. The average molecular weight is 258 g/mol. The number of nitrogens with one attached hydrogen (secondary N) is 1. The first-order valence-corrected chi connectivity index (χ1v) is 6.64. The van der Waals surface area contributed by atoms with Crippen molar-refractivity contribution in [3.8, 4) is 0 Å². The molecule has 1 N–H and O–H groups in total. The fourth-order valence-electron chi connectivity index (χ4n) is 2.95. The average Bonchev–Trinajstić information content (AvgIpc) is 2.66. The smallest absolute Gasteiger partial charge is 0.410 e. The molecular formula is C13H23FN2O2. The summed E-state index contributed by atoms with van der Waals surface area (Å²) in [5.74, 6) is 0. The van der Waals surface area contributed by atoms with Crippen molar-refractivity contribution >= 4 is 6.09 Å². The first-order valence-electron chi connectivity index (χ1n) is 6.64. The number of hydrogen-bond acceptors (Lipinski definition) is 3. The minimum atomic E-state index is -0.500. The molecule has 4 nitrogen and oxygen atoms in total. The zero-order chi connectivity index (χ0) is 13.4. The number of halogens is 1. The van der Waals surface area contributed by atoms with Crippen LogP contribution in [0, 0.1) is 5.41 Å². The molecule has 0 aromatic rings. The van der Waals surface area contributed by atoms with Crippen LogP contribution >= 0.6 is 0 Å². The highest BCUT2D eigenvalue weighted by Gasteiger charge is 2.51. The Bertz CT molecular complexity index is 329. The molecule has 18 heavy (non-hydrogen) atoms. The molecule has 0 spiro atoms. The van der Waals surface area contributed by atoms with Crippen molar-refractivity contribution in [2.45, 2.75) is 45.3 Å². The van der Waals surface area contributed by atoms with Gasteiger partial charge in [0.05, 0.1) is 12.7 Å². The lowest BCUT2D eigenvalue weighted by Gasteiger charge is -2.40. The lowest BCUT2D eigenvalue weighted by atomic mass is 9.76. The van der Waals surface area contributed by atoms with Crippen LogP contribution in [-0.4, -0.2) is 48.9 Å². The molecule has 2 aliphatic heterocycles. The van der Waals surface area contributed by atoms with Crippen molar-refractivity contribution < 1.29 is 13.9 Å². The van der Waals surface area contributed by atoms with E-state index in [9.17, 15) is 9.18 Å². The van der Waals surface area contributed by atoms with E-state index < -0.39 is 5.60 Å². The van der Waals surface area contributed by atoms with Crippen molar-refractivity contribution in [2.24, 2.45) is 5.41 Å². The van der Waals surface area contributed by atoms with Crippen molar-refractivity contribution in [3.05, 3.63) is 0 Å². The van der Waals surface area contributed by atoms with Crippen LogP contribution in [0.25, 0.3) is 0 Å². The van der Waals surface area contributed by atoms with Crippen LogP contribution in [0.4, 0.5) is 9.18 Å². The molecule has 1 amide bonds. The summed E-state index contributed by atoms with van der Waals surface area (Å²) in [5, 5.41) is 3.25. The SMILES string of the molecule is CC(C)(C)OC(=O)N1CCC2(CF)CCNCC12. The molecule has 104 valence electrons. The van der Waals surface area contributed by atoms with Crippen molar-refractivity contribution in [3.63, 3.8) is 0 Å². The number of ether oxygens (including phenoxy) is 1. The van der Waals surface area contributed by atoms with Crippen LogP contribution in [0.1, 0.15) is 33.6 Å². The second kappa shape index (κ2) is 4.68. The Kier molecular flexibility index (Phi) is 3.54. The molecule has 2 fully saturated rings. The first-order chi connectivity index (χ1) is 8.38. The molecule has 2 heterocycles. The van der Waals surface area contributed by atoms with Crippen LogP contribution in [0.15, 0.2) is 0 Å². The quantitative estimate of drug-likeness (QED) is 0.781. The molecule has 0 saturated carbocycles. The molecule has 0 aliphatic carbocycles. The number of amides is 1. The lowest BCUT2D eigenvalue weighted by molar-refractivity contribution is 0.00978. The van der Waals surface area contributed by atoms with E-state index in [1.54, 1.807) is 4.90 Å². The zero-order valence-corrected chi connectivity index (χ0v) is 11.5. The molecule has 2 rings (SSSR count). The molecular weight excluding hydrogens is 235 g/mol. The minimum Gasteiger partial charge on any atom is -0.444 e. The predicted octanol–water partition coefficient (Wildman–Crippen LogP) is 1.95. The Labute approximate surface area is 108 Å². The van der Waals surface area contributed by atoms with Gasteiger partial charge in [0.1, 0.15) is 5.60 Å². The topological polar surface area (TPSA) is 41.6 Å². The van der Waals surface area contributed by atoms with Crippen molar-refractivity contribution in [1.29, 1.82) is 0 Å². The highest BCUT2D eigenvalue weighted by molar-refractivity contribution is 5.69. The highest BCUT2D eigenvalue weighted by Crippen LogP contribution is 2.42. The Morgan fingerprint density at radius 3 is 2.83 bits per heavy atom. The molecule has 2 aliphatic rings. The second-order valence-electron chi connectivity index (χ2n) is 6.39. The van der Waals surface area contributed by atoms with Gasteiger partial charge in [0.2, 0.25) is 0 Å². The van der Waals surface area contributed by atoms with Gasteiger partial charge < -0.3 is 15.0 Å². The number of nitrogens with zero attached hydrogens (tertiary/aromatic N) is 1. The van der Waals surface area contributed by atoms with Gasteiger partial charge in [-0.1, -0.05) is 0 Å². The van der Waals surface area contributed by atoms with E-state index in [-0.39, 0.29) is 24.2 Å². The highest BCUT2D eigenvalue weighted by atomic mass is 19.1. The second-order valence-corrected chi connectivity index (χ2v) is 6.39. The summed E-state index contributed by atoms with van der Waals surface area (Å²) in [7, 11) is 0. The van der Waals surface area contributed by atoms with Crippen LogP contribution in [-0.2, 0) is 4.74 Å². The Hall–Kier alpha value is -0.840. The summed E-state index contributed by atoms with van der Waals surface area (Å²) in [6.45, 7) is 7.31. The summed E-state index contributed by atoms with van der Waals surface area (Å²) in [6.07, 6.45) is 1.23. The number of likely N-dealkylation sites (tertiary alicyclic amines) is 1. The van der Waals surface area contributed by atoms with Gasteiger partial charge in [-0.15, -0.1) is 0 Å². The number of fused-ring (bicyclic) bond motifs is 1. The number of carbonyl (C=O) groups excluding carboxylic acids is 1. The van der Waals surface area contributed by atoms with Crippen LogP contribution in [0.2, 0.25) is 0 Å². The number of carbonyl (C=O) groups is 1. The molecule has 5 heteroatoms. The van der Waals surface area contributed by atoms with Crippen LogP contribution in [0.3, 0.4) is 0 Å². The van der Waals surface area contributed by atoms with Gasteiger partial charge in [-0.25, -0.2) is 4.79 Å². The van der Waals surface area contributed by atoms with Gasteiger partial charge >= 0.3 is 6.09 Å². The molecule has 2 atom stereocenters. The van der Waals surface area contributed by atoms with Gasteiger partial charge in [-0.05, 0) is 40.2 Å². The minimum absolute atomic E-state index is 0.0638. The largest absolute Gasteiger partial charge is 0.444 e. The summed E-state index contributed by atoms with van der Waals surface area (Å²) < 4.78 is 18.8. The summed E-state index contributed by atoms with van der Waals surface area (Å²) in [5.41, 5.74) is -0.845. The summed E-state index contributed by atoms with van der Waals surface area (Å²) in [4.78, 5) is 13.8.